The average molecular weight is 567 g/mol. The molecule has 12 heteroatoms. The number of furan rings is 1. The predicted molar refractivity (Wildman–Crippen MR) is 146 cm³/mol. The van der Waals surface area contributed by atoms with Crippen LogP contribution >= 0.6 is 0 Å². The van der Waals surface area contributed by atoms with Gasteiger partial charge in [-0.3, -0.25) is 9.78 Å². The molecule has 214 valence electrons. The molecule has 0 saturated carbocycles. The lowest BCUT2D eigenvalue weighted by Crippen LogP contribution is -2.36. The van der Waals surface area contributed by atoms with Gasteiger partial charge in [-0.15, -0.1) is 0 Å². The average Bonchev–Trinajstić information content (AvgIpc) is 3.42. The van der Waals surface area contributed by atoms with Crippen molar-refractivity contribution in [3.63, 3.8) is 0 Å². The van der Waals surface area contributed by atoms with E-state index in [0.29, 0.717) is 66.5 Å². The van der Waals surface area contributed by atoms with Gasteiger partial charge in [0.1, 0.15) is 17.7 Å². The van der Waals surface area contributed by atoms with Crippen LogP contribution in [0.25, 0.3) is 11.0 Å². The number of halogens is 2. The maximum Gasteiger partial charge on any atom is 0.247 e. The van der Waals surface area contributed by atoms with Crippen LogP contribution in [0.2, 0.25) is 0 Å². The van der Waals surface area contributed by atoms with Gasteiger partial charge >= 0.3 is 0 Å². The zero-order valence-corrected chi connectivity index (χ0v) is 22.4. The summed E-state index contributed by atoms with van der Waals surface area (Å²) in [7, 11) is 2.44. The quantitative estimate of drug-likeness (QED) is 0.288. The van der Waals surface area contributed by atoms with E-state index in [1.807, 2.05) is 0 Å². The third-order valence-corrected chi connectivity index (χ3v) is 6.75. The summed E-state index contributed by atoms with van der Waals surface area (Å²) >= 11 is 0. The Morgan fingerprint density at radius 1 is 1.12 bits per heavy atom. The molecule has 4 heterocycles. The van der Waals surface area contributed by atoms with Crippen molar-refractivity contribution < 1.29 is 37.3 Å². The molecule has 5 rings (SSSR count). The van der Waals surface area contributed by atoms with Crippen LogP contribution in [-0.2, 0) is 16.0 Å². The Hall–Kier alpha value is -4.55. The van der Waals surface area contributed by atoms with Crippen molar-refractivity contribution in [2.75, 3.05) is 50.7 Å². The molecule has 1 saturated heterocycles. The number of rotatable bonds is 9. The van der Waals surface area contributed by atoms with Gasteiger partial charge in [-0.2, -0.15) is 0 Å². The van der Waals surface area contributed by atoms with E-state index in [4.69, 9.17) is 18.6 Å². The maximum absolute atomic E-state index is 15.0. The third kappa shape index (κ3) is 5.70. The van der Waals surface area contributed by atoms with Crippen LogP contribution in [0, 0.1) is 11.6 Å². The van der Waals surface area contributed by atoms with Crippen LogP contribution in [-0.4, -0.2) is 61.5 Å². The van der Waals surface area contributed by atoms with Crippen LogP contribution in [0.15, 0.2) is 53.7 Å². The number of anilines is 2. The maximum atomic E-state index is 15.0. The third-order valence-electron chi connectivity index (χ3n) is 6.75. The molecule has 3 aromatic heterocycles. The molecule has 0 aliphatic carbocycles. The van der Waals surface area contributed by atoms with Crippen LogP contribution < -0.4 is 19.7 Å². The molecular formula is C29H28F2N4O6. The summed E-state index contributed by atoms with van der Waals surface area (Å²) in [4.78, 5) is 23.3. The standard InChI is InChI=1S/C29H28F2N4O6/c1-4-25(36)34-19-12-24(35-5-7-40-8-6-35)33-14-17(19)10-18-9-16-11-22(41-23(16)15-32-18)29(37)26-27(30)20(38-2)13-21(39-3)28(26)31/h4,9,11-15,29,37H,1,5-8,10H2,2-3H3,(H,33,34,36). The van der Waals surface area contributed by atoms with Crippen LogP contribution in [0.1, 0.15) is 28.7 Å². The number of aliphatic hydroxyl groups is 1. The number of amides is 1. The van der Waals surface area contributed by atoms with Gasteiger partial charge in [-0.25, -0.2) is 13.8 Å². The number of nitrogens with zero attached hydrogens (tertiary/aromatic N) is 3. The lowest BCUT2D eigenvalue weighted by molar-refractivity contribution is -0.111. The minimum Gasteiger partial charge on any atom is -0.494 e. The smallest absolute Gasteiger partial charge is 0.247 e. The van der Waals surface area contributed by atoms with E-state index in [2.05, 4.69) is 26.8 Å². The number of ether oxygens (including phenoxy) is 3. The second kappa shape index (κ2) is 11.9. The van der Waals surface area contributed by atoms with Crippen molar-refractivity contribution in [2.45, 2.75) is 12.5 Å². The van der Waals surface area contributed by atoms with E-state index in [1.165, 1.54) is 32.6 Å². The van der Waals surface area contributed by atoms with Crippen molar-refractivity contribution in [1.29, 1.82) is 0 Å². The fourth-order valence-corrected chi connectivity index (χ4v) is 4.60. The molecule has 0 spiro atoms. The lowest BCUT2D eigenvalue weighted by Gasteiger charge is -2.28. The van der Waals surface area contributed by atoms with Crippen molar-refractivity contribution in [3.05, 3.63) is 83.5 Å². The van der Waals surface area contributed by atoms with E-state index in [0.717, 1.165) is 6.07 Å². The van der Waals surface area contributed by atoms with Gasteiger partial charge in [0.15, 0.2) is 28.7 Å². The van der Waals surface area contributed by atoms with Crippen molar-refractivity contribution >= 4 is 28.4 Å². The number of morpholine rings is 1. The van der Waals surface area contributed by atoms with E-state index < -0.39 is 23.3 Å². The Kier molecular flexibility index (Phi) is 8.13. The summed E-state index contributed by atoms with van der Waals surface area (Å²) in [6, 6.07) is 6.07. The monoisotopic (exact) mass is 566 g/mol. The first kappa shape index (κ1) is 28.0. The highest BCUT2D eigenvalue weighted by molar-refractivity contribution is 5.99. The molecule has 1 atom stereocenters. The summed E-state index contributed by atoms with van der Waals surface area (Å²) in [6.45, 7) is 6.08. The summed E-state index contributed by atoms with van der Waals surface area (Å²) in [5.41, 5.74) is 1.52. The molecule has 10 nitrogen and oxygen atoms in total. The fraction of sp³-hybridized carbons (Fsp3) is 0.276. The normalized spacial score (nSPS) is 14.1. The highest BCUT2D eigenvalue weighted by Gasteiger charge is 2.29. The molecule has 1 aromatic carbocycles. The van der Waals surface area contributed by atoms with Gasteiger partial charge in [0, 0.05) is 60.2 Å². The predicted octanol–water partition coefficient (Wildman–Crippen LogP) is 4.15. The van der Waals surface area contributed by atoms with Gasteiger partial charge in [0.05, 0.1) is 39.2 Å². The number of carbonyl (C=O) groups excluding carboxylic acids is 1. The molecule has 0 radical (unpaired) electrons. The number of hydrogen-bond donors (Lipinski definition) is 2. The summed E-state index contributed by atoms with van der Waals surface area (Å²) in [6.07, 6.45) is 2.84. The van der Waals surface area contributed by atoms with E-state index in [-0.39, 0.29) is 23.2 Å². The van der Waals surface area contributed by atoms with Crippen LogP contribution in [0.4, 0.5) is 20.3 Å². The van der Waals surface area contributed by atoms with Crippen molar-refractivity contribution in [3.8, 4) is 11.5 Å². The summed E-state index contributed by atoms with van der Waals surface area (Å²) < 4.78 is 51.0. The SMILES string of the molecule is C=CC(=O)Nc1cc(N2CCOCC2)ncc1Cc1cc2cc(C(O)c3c(F)c(OC)cc(OC)c3F)oc2cn1. The number of aromatic nitrogens is 2. The Bertz CT molecular complexity index is 1570. The minimum absolute atomic E-state index is 0.0949. The zero-order chi connectivity index (χ0) is 29.1. The Balaban J connectivity index is 1.45. The first-order chi connectivity index (χ1) is 19.8. The number of methoxy groups -OCH3 is 2. The number of pyridine rings is 2. The Labute approximate surface area is 234 Å². The molecule has 1 fully saturated rings. The molecular weight excluding hydrogens is 538 g/mol. The van der Waals surface area contributed by atoms with Gasteiger partial charge in [0.2, 0.25) is 5.91 Å². The Morgan fingerprint density at radius 3 is 2.49 bits per heavy atom. The number of nitrogens with one attached hydrogen (secondary N) is 1. The first-order valence-electron chi connectivity index (χ1n) is 12.7. The zero-order valence-electron chi connectivity index (χ0n) is 22.4. The number of carbonyl (C=O) groups is 1. The molecule has 41 heavy (non-hydrogen) atoms. The molecule has 4 aromatic rings. The van der Waals surface area contributed by atoms with Crippen LogP contribution in [0.3, 0.4) is 0 Å². The van der Waals surface area contributed by atoms with Gasteiger partial charge in [-0.1, -0.05) is 6.58 Å². The van der Waals surface area contributed by atoms with E-state index in [1.54, 1.807) is 18.3 Å². The van der Waals surface area contributed by atoms with Gasteiger partial charge in [-0.05, 0) is 18.2 Å². The highest BCUT2D eigenvalue weighted by atomic mass is 19.1. The van der Waals surface area contributed by atoms with E-state index in [9.17, 15) is 18.7 Å². The van der Waals surface area contributed by atoms with Crippen molar-refractivity contribution in [1.82, 2.24) is 9.97 Å². The second-order valence-corrected chi connectivity index (χ2v) is 9.26. The minimum atomic E-state index is -1.78. The number of fused-ring (bicyclic) bond motifs is 1. The molecule has 0 bridgehead atoms. The van der Waals surface area contributed by atoms with E-state index >= 15 is 0 Å². The summed E-state index contributed by atoms with van der Waals surface area (Å²) in [5, 5.41) is 14.3. The molecule has 1 aliphatic heterocycles. The summed E-state index contributed by atoms with van der Waals surface area (Å²) in [5.74, 6) is -2.46. The number of benzene rings is 1. The second-order valence-electron chi connectivity index (χ2n) is 9.26. The first-order valence-corrected chi connectivity index (χ1v) is 12.7. The number of hydrogen-bond acceptors (Lipinski definition) is 9. The molecule has 1 amide bonds. The molecule has 1 unspecified atom stereocenters. The lowest BCUT2D eigenvalue weighted by atomic mass is 10.0. The molecule has 1 aliphatic rings. The topological polar surface area (TPSA) is 119 Å². The fourth-order valence-electron chi connectivity index (χ4n) is 4.60. The highest BCUT2D eigenvalue weighted by Crippen LogP contribution is 2.38. The Morgan fingerprint density at radius 2 is 1.83 bits per heavy atom. The van der Waals surface area contributed by atoms with Gasteiger partial charge < -0.3 is 34.0 Å². The van der Waals surface area contributed by atoms with Gasteiger partial charge in [0.25, 0.3) is 0 Å². The van der Waals surface area contributed by atoms with Crippen LogP contribution in [0.5, 0.6) is 11.5 Å². The molecule has 2 N–H and O–H groups in total. The number of aliphatic hydroxyl groups excluding tert-OH is 1. The van der Waals surface area contributed by atoms with Crippen molar-refractivity contribution in [2.24, 2.45) is 0 Å². The largest absolute Gasteiger partial charge is 0.494 e.